The molecule has 0 atom stereocenters. The molecule has 0 unspecified atom stereocenters. The zero-order valence-corrected chi connectivity index (χ0v) is 11.2. The first-order valence-corrected chi connectivity index (χ1v) is 6.36. The molecule has 2 rings (SSSR count). The lowest BCUT2D eigenvalue weighted by Crippen LogP contribution is -2.61. The van der Waals surface area contributed by atoms with Crippen molar-refractivity contribution in [2.75, 3.05) is 0 Å². The third kappa shape index (κ3) is 2.00. The summed E-state index contributed by atoms with van der Waals surface area (Å²) in [6.45, 7) is 5.97. The highest BCUT2D eigenvalue weighted by molar-refractivity contribution is 6.16. The first-order chi connectivity index (χ1) is 8.26. The van der Waals surface area contributed by atoms with Gasteiger partial charge < -0.3 is 0 Å². The molecule has 0 aromatic carbocycles. The summed E-state index contributed by atoms with van der Waals surface area (Å²) in [6.07, 6.45) is 5.03. The van der Waals surface area contributed by atoms with Gasteiger partial charge in [0.05, 0.1) is 0 Å². The van der Waals surface area contributed by atoms with Crippen LogP contribution in [-0.4, -0.2) is 28.0 Å². The molecule has 1 aliphatic heterocycles. The molecule has 2 aliphatic rings. The Morgan fingerprint density at radius 2 is 1.72 bits per heavy atom. The quantitative estimate of drug-likeness (QED) is 0.717. The van der Waals surface area contributed by atoms with Gasteiger partial charge in [-0.25, -0.2) is 0 Å². The number of carbonyl (C=O) groups is 3. The van der Waals surface area contributed by atoms with Crippen molar-refractivity contribution in [2.24, 2.45) is 5.41 Å². The number of rotatable bonds is 3. The largest absolute Gasteiger partial charge is 0.297 e. The Hall–Kier alpha value is -1.45. The third-order valence-corrected chi connectivity index (χ3v) is 3.63. The molecule has 0 radical (unpaired) electrons. The van der Waals surface area contributed by atoms with Gasteiger partial charge in [0.2, 0.25) is 0 Å². The van der Waals surface area contributed by atoms with E-state index in [-0.39, 0.29) is 23.0 Å². The Balaban J connectivity index is 2.24. The topological polar surface area (TPSA) is 54.5 Å². The lowest BCUT2D eigenvalue weighted by molar-refractivity contribution is -0.157. The summed E-state index contributed by atoms with van der Waals surface area (Å²) >= 11 is 0. The number of amides is 2. The second kappa shape index (κ2) is 4.04. The Morgan fingerprint density at radius 3 is 2.06 bits per heavy atom. The smallest absolute Gasteiger partial charge is 0.254 e. The standard InChI is InChI=1S/C14H19NO3/c1-13(2,3)9-10(16)14(7-4-8-14)15-11(17)5-6-12(15)18/h5-6H,4,7-9H2,1-3H3. The Labute approximate surface area is 107 Å². The fraction of sp³-hybridized carbons (Fsp3) is 0.643. The molecule has 1 saturated carbocycles. The molecule has 1 aliphatic carbocycles. The fourth-order valence-electron chi connectivity index (χ4n) is 2.61. The third-order valence-electron chi connectivity index (χ3n) is 3.63. The number of imide groups is 1. The number of carbonyl (C=O) groups excluding carboxylic acids is 3. The molecule has 0 N–H and O–H groups in total. The molecule has 0 spiro atoms. The fourth-order valence-corrected chi connectivity index (χ4v) is 2.61. The Kier molecular flexibility index (Phi) is 2.92. The van der Waals surface area contributed by atoms with Crippen LogP contribution >= 0.6 is 0 Å². The number of nitrogens with zero attached hydrogens (tertiary/aromatic N) is 1. The number of Topliss-reactive ketones (excluding diaryl/α,β-unsaturated/α-hetero) is 1. The normalized spacial score (nSPS) is 22.3. The number of hydrogen-bond donors (Lipinski definition) is 0. The SMILES string of the molecule is CC(C)(C)CC(=O)C1(N2C(=O)C=CC2=O)CCC1. The second-order valence-corrected chi connectivity index (χ2v) is 6.39. The minimum Gasteiger partial charge on any atom is -0.297 e. The van der Waals surface area contributed by atoms with E-state index in [0.29, 0.717) is 19.3 Å². The van der Waals surface area contributed by atoms with E-state index in [1.165, 1.54) is 17.1 Å². The summed E-state index contributed by atoms with van der Waals surface area (Å²) < 4.78 is 0. The molecule has 18 heavy (non-hydrogen) atoms. The first-order valence-electron chi connectivity index (χ1n) is 6.36. The molecular formula is C14H19NO3. The highest BCUT2D eigenvalue weighted by Crippen LogP contribution is 2.42. The van der Waals surface area contributed by atoms with Gasteiger partial charge in [0, 0.05) is 18.6 Å². The highest BCUT2D eigenvalue weighted by Gasteiger charge is 2.53. The summed E-state index contributed by atoms with van der Waals surface area (Å²) in [5, 5.41) is 0. The zero-order chi connectivity index (χ0) is 13.6. The van der Waals surface area contributed by atoms with Crippen LogP contribution in [0, 0.1) is 5.41 Å². The molecule has 4 heteroatoms. The summed E-state index contributed by atoms with van der Waals surface area (Å²) in [5.74, 6) is -0.671. The van der Waals surface area contributed by atoms with Gasteiger partial charge in [-0.2, -0.15) is 0 Å². The minimum absolute atomic E-state index is 0.0200. The molecule has 0 aromatic heterocycles. The average molecular weight is 249 g/mol. The maximum Gasteiger partial charge on any atom is 0.254 e. The van der Waals surface area contributed by atoms with Crippen LogP contribution in [0.3, 0.4) is 0 Å². The van der Waals surface area contributed by atoms with Crippen molar-refractivity contribution in [2.45, 2.75) is 52.0 Å². The molecule has 0 aromatic rings. The second-order valence-electron chi connectivity index (χ2n) is 6.39. The monoisotopic (exact) mass is 249 g/mol. The van der Waals surface area contributed by atoms with E-state index in [4.69, 9.17) is 0 Å². The highest BCUT2D eigenvalue weighted by atomic mass is 16.2. The van der Waals surface area contributed by atoms with Crippen molar-refractivity contribution in [1.82, 2.24) is 4.90 Å². The molecule has 0 saturated heterocycles. The lowest BCUT2D eigenvalue weighted by Gasteiger charge is -2.46. The molecular weight excluding hydrogens is 230 g/mol. The van der Waals surface area contributed by atoms with Gasteiger partial charge in [-0.15, -0.1) is 0 Å². The van der Waals surface area contributed by atoms with Gasteiger partial charge in [-0.1, -0.05) is 20.8 Å². The van der Waals surface area contributed by atoms with Crippen LogP contribution in [0.5, 0.6) is 0 Å². The summed E-state index contributed by atoms with van der Waals surface area (Å²) in [7, 11) is 0. The van der Waals surface area contributed by atoms with Crippen LogP contribution in [0.25, 0.3) is 0 Å². The van der Waals surface area contributed by atoms with Crippen molar-refractivity contribution >= 4 is 17.6 Å². The summed E-state index contributed by atoms with van der Waals surface area (Å²) in [6, 6.07) is 0. The van der Waals surface area contributed by atoms with E-state index in [9.17, 15) is 14.4 Å². The summed E-state index contributed by atoms with van der Waals surface area (Å²) in [5.41, 5.74) is -0.982. The van der Waals surface area contributed by atoms with E-state index in [1.807, 2.05) is 20.8 Å². The van der Waals surface area contributed by atoms with Gasteiger partial charge in [0.25, 0.3) is 11.8 Å². The van der Waals surface area contributed by atoms with E-state index < -0.39 is 5.54 Å². The first kappa shape index (κ1) is 13.0. The van der Waals surface area contributed by atoms with Crippen molar-refractivity contribution in [1.29, 1.82) is 0 Å². The maximum atomic E-state index is 12.5. The Morgan fingerprint density at radius 1 is 1.22 bits per heavy atom. The van der Waals surface area contributed by atoms with Crippen LogP contribution in [0.2, 0.25) is 0 Å². The van der Waals surface area contributed by atoms with Gasteiger partial charge in [-0.3, -0.25) is 19.3 Å². The van der Waals surface area contributed by atoms with Crippen molar-refractivity contribution in [3.8, 4) is 0 Å². The van der Waals surface area contributed by atoms with E-state index in [1.54, 1.807) is 0 Å². The van der Waals surface area contributed by atoms with Crippen LogP contribution in [-0.2, 0) is 14.4 Å². The van der Waals surface area contributed by atoms with E-state index >= 15 is 0 Å². The van der Waals surface area contributed by atoms with Gasteiger partial charge >= 0.3 is 0 Å². The van der Waals surface area contributed by atoms with Crippen molar-refractivity contribution in [3.63, 3.8) is 0 Å². The molecule has 1 heterocycles. The van der Waals surface area contributed by atoms with Crippen LogP contribution in [0.4, 0.5) is 0 Å². The zero-order valence-electron chi connectivity index (χ0n) is 11.2. The van der Waals surface area contributed by atoms with E-state index in [0.717, 1.165) is 6.42 Å². The lowest BCUT2D eigenvalue weighted by atomic mass is 9.69. The molecule has 4 nitrogen and oxygen atoms in total. The van der Waals surface area contributed by atoms with Crippen molar-refractivity contribution < 1.29 is 14.4 Å². The van der Waals surface area contributed by atoms with Gasteiger partial charge in [-0.05, 0) is 24.7 Å². The van der Waals surface area contributed by atoms with Crippen molar-refractivity contribution in [3.05, 3.63) is 12.2 Å². The van der Waals surface area contributed by atoms with Crippen LogP contribution in [0.1, 0.15) is 46.5 Å². The molecule has 1 fully saturated rings. The molecule has 2 amide bonds. The number of hydrogen-bond acceptors (Lipinski definition) is 3. The average Bonchev–Trinajstić information content (AvgIpc) is 2.45. The number of ketones is 1. The van der Waals surface area contributed by atoms with Gasteiger partial charge in [0.15, 0.2) is 5.78 Å². The summed E-state index contributed by atoms with van der Waals surface area (Å²) in [4.78, 5) is 37.2. The Bertz CT molecular complexity index is 420. The predicted molar refractivity (Wildman–Crippen MR) is 66.7 cm³/mol. The molecule has 98 valence electrons. The van der Waals surface area contributed by atoms with Gasteiger partial charge in [0.1, 0.15) is 5.54 Å². The van der Waals surface area contributed by atoms with Crippen LogP contribution in [0.15, 0.2) is 12.2 Å². The molecule has 0 bridgehead atoms. The predicted octanol–water partition coefficient (Wildman–Crippen LogP) is 1.84. The van der Waals surface area contributed by atoms with E-state index in [2.05, 4.69) is 0 Å². The maximum absolute atomic E-state index is 12.5. The van der Waals surface area contributed by atoms with Crippen LogP contribution < -0.4 is 0 Å². The minimum atomic E-state index is -0.856.